The number of nitrogens with zero attached hydrogens (tertiary/aromatic N) is 1. The zero-order chi connectivity index (χ0) is 17.1. The number of nitrogens with one attached hydrogen (secondary N) is 1. The van der Waals surface area contributed by atoms with Crippen molar-refractivity contribution in [3.63, 3.8) is 0 Å². The first-order valence-electron chi connectivity index (χ1n) is 8.96. The summed E-state index contributed by atoms with van der Waals surface area (Å²) < 4.78 is 5.56. The second-order valence-electron chi connectivity index (χ2n) is 8.87. The van der Waals surface area contributed by atoms with Gasteiger partial charge in [0.2, 0.25) is 0 Å². The van der Waals surface area contributed by atoms with Gasteiger partial charge in [0, 0.05) is 30.9 Å². The molecule has 0 saturated carbocycles. The van der Waals surface area contributed by atoms with Crippen LogP contribution in [-0.2, 0) is 4.74 Å². The van der Waals surface area contributed by atoms with E-state index in [9.17, 15) is 4.79 Å². The monoisotopic (exact) mass is 342 g/mol. The number of carbonyl (C=O) groups excluding carboxylic acids is 1. The molecule has 2 rings (SSSR count). The zero-order valence-electron chi connectivity index (χ0n) is 15.5. The minimum atomic E-state index is -0.420. The molecule has 4 nitrogen and oxygen atoms in total. The van der Waals surface area contributed by atoms with Crippen molar-refractivity contribution in [1.82, 2.24) is 10.2 Å². The molecule has 2 aliphatic rings. The minimum Gasteiger partial charge on any atom is -0.444 e. The van der Waals surface area contributed by atoms with E-state index in [1.807, 2.05) is 25.7 Å². The largest absolute Gasteiger partial charge is 0.444 e. The highest BCUT2D eigenvalue weighted by Crippen LogP contribution is 2.33. The van der Waals surface area contributed by atoms with E-state index in [1.165, 1.54) is 24.3 Å². The van der Waals surface area contributed by atoms with Crippen LogP contribution >= 0.6 is 11.8 Å². The Labute approximate surface area is 146 Å². The molecule has 0 aromatic rings. The predicted molar refractivity (Wildman–Crippen MR) is 98.1 cm³/mol. The van der Waals surface area contributed by atoms with Gasteiger partial charge in [0.25, 0.3) is 0 Å². The van der Waals surface area contributed by atoms with Gasteiger partial charge in [0.05, 0.1) is 0 Å². The Bertz CT molecular complexity index is 406. The van der Waals surface area contributed by atoms with Crippen LogP contribution in [0.4, 0.5) is 4.79 Å². The van der Waals surface area contributed by atoms with E-state index < -0.39 is 5.60 Å². The molecular weight excluding hydrogens is 308 g/mol. The topological polar surface area (TPSA) is 41.6 Å². The summed E-state index contributed by atoms with van der Waals surface area (Å²) in [6.07, 6.45) is 4.47. The van der Waals surface area contributed by atoms with E-state index in [-0.39, 0.29) is 6.09 Å². The van der Waals surface area contributed by atoms with Gasteiger partial charge in [-0.05, 0) is 51.2 Å². The van der Waals surface area contributed by atoms with Crippen LogP contribution in [0.1, 0.15) is 60.3 Å². The molecule has 0 aliphatic carbocycles. The molecule has 134 valence electrons. The minimum absolute atomic E-state index is 0.162. The fourth-order valence-corrected chi connectivity index (χ4v) is 4.76. The summed E-state index contributed by atoms with van der Waals surface area (Å²) in [6, 6.07) is 0.955. The van der Waals surface area contributed by atoms with E-state index in [4.69, 9.17) is 4.74 Å². The Balaban J connectivity index is 1.90. The van der Waals surface area contributed by atoms with Crippen molar-refractivity contribution in [2.75, 3.05) is 24.6 Å². The molecule has 2 aliphatic heterocycles. The van der Waals surface area contributed by atoms with Crippen LogP contribution in [0.3, 0.4) is 0 Å². The summed E-state index contributed by atoms with van der Waals surface area (Å²) in [6.45, 7) is 12.1. The van der Waals surface area contributed by atoms with Crippen LogP contribution in [0.15, 0.2) is 0 Å². The van der Waals surface area contributed by atoms with Gasteiger partial charge in [-0.15, -0.1) is 0 Å². The fraction of sp³-hybridized carbons (Fsp3) is 0.944. The smallest absolute Gasteiger partial charge is 0.410 e. The van der Waals surface area contributed by atoms with Gasteiger partial charge in [0.1, 0.15) is 5.60 Å². The summed E-state index contributed by atoms with van der Waals surface area (Å²) >= 11 is 2.05. The van der Waals surface area contributed by atoms with Crippen LogP contribution < -0.4 is 5.32 Å². The number of hydrogen-bond donors (Lipinski definition) is 1. The van der Waals surface area contributed by atoms with Gasteiger partial charge in [-0.3, -0.25) is 0 Å². The molecule has 2 heterocycles. The lowest BCUT2D eigenvalue weighted by Crippen LogP contribution is -2.50. The quantitative estimate of drug-likeness (QED) is 0.826. The Kier molecular flexibility index (Phi) is 6.28. The summed E-state index contributed by atoms with van der Waals surface area (Å²) in [7, 11) is 0. The van der Waals surface area contributed by atoms with E-state index in [0.717, 1.165) is 25.9 Å². The van der Waals surface area contributed by atoms with Gasteiger partial charge < -0.3 is 15.0 Å². The highest BCUT2D eigenvalue weighted by atomic mass is 32.2. The van der Waals surface area contributed by atoms with E-state index in [0.29, 0.717) is 17.5 Å². The molecule has 0 aromatic heterocycles. The Morgan fingerprint density at radius 1 is 1.26 bits per heavy atom. The molecular formula is C18H34N2O2S. The lowest BCUT2D eigenvalue weighted by Gasteiger charge is -2.37. The summed E-state index contributed by atoms with van der Waals surface area (Å²) in [5.41, 5.74) is -0.00743. The standard InChI is InChI=1S/C18H34N2O2S/c1-17(2,3)22-16(21)20-9-7-6-8-14(11-20)19-15-10-18(4,5)13-23-12-15/h14-15,19H,6-13H2,1-5H3. The molecule has 5 heteroatoms. The molecule has 2 atom stereocenters. The second kappa shape index (κ2) is 7.64. The lowest BCUT2D eigenvalue weighted by atomic mass is 9.87. The third-order valence-corrected chi connectivity index (χ3v) is 6.03. The van der Waals surface area contributed by atoms with Crippen LogP contribution in [0.5, 0.6) is 0 Å². The fourth-order valence-electron chi connectivity index (χ4n) is 3.47. The number of carbonyl (C=O) groups is 1. The summed E-state index contributed by atoms with van der Waals surface area (Å²) in [4.78, 5) is 14.3. The van der Waals surface area contributed by atoms with Crippen LogP contribution in [0.25, 0.3) is 0 Å². The molecule has 2 saturated heterocycles. The van der Waals surface area contributed by atoms with Crippen molar-refractivity contribution in [2.45, 2.75) is 78.0 Å². The first-order valence-corrected chi connectivity index (χ1v) is 10.1. The first kappa shape index (κ1) is 18.9. The van der Waals surface area contributed by atoms with E-state index >= 15 is 0 Å². The van der Waals surface area contributed by atoms with Gasteiger partial charge >= 0.3 is 6.09 Å². The van der Waals surface area contributed by atoms with Crippen molar-refractivity contribution in [1.29, 1.82) is 0 Å². The van der Waals surface area contributed by atoms with E-state index in [1.54, 1.807) is 0 Å². The highest BCUT2D eigenvalue weighted by Gasteiger charge is 2.31. The third kappa shape index (κ3) is 6.54. The SMILES string of the molecule is CC1(C)CSCC(NC2CCCCN(C(=O)OC(C)(C)C)C2)C1. The van der Waals surface area contributed by atoms with Crippen LogP contribution in [0, 0.1) is 5.41 Å². The number of rotatable bonds is 2. The number of amides is 1. The zero-order valence-corrected chi connectivity index (χ0v) is 16.3. The maximum atomic E-state index is 12.4. The van der Waals surface area contributed by atoms with Gasteiger partial charge in [-0.25, -0.2) is 4.79 Å². The first-order chi connectivity index (χ1) is 10.6. The molecule has 2 unspecified atom stereocenters. The highest BCUT2D eigenvalue weighted by molar-refractivity contribution is 7.99. The van der Waals surface area contributed by atoms with Crippen molar-refractivity contribution in [2.24, 2.45) is 5.41 Å². The van der Waals surface area contributed by atoms with Gasteiger partial charge in [-0.2, -0.15) is 11.8 Å². The average molecular weight is 343 g/mol. The summed E-state index contributed by atoms with van der Waals surface area (Å²) in [5.74, 6) is 2.44. The normalized spacial score (nSPS) is 29.0. The number of hydrogen-bond acceptors (Lipinski definition) is 4. The molecule has 0 aromatic carbocycles. The summed E-state index contributed by atoms with van der Waals surface area (Å²) in [5, 5.41) is 3.83. The molecule has 1 N–H and O–H groups in total. The molecule has 1 amide bonds. The molecule has 0 bridgehead atoms. The molecule has 0 radical (unpaired) electrons. The predicted octanol–water partition coefficient (Wildman–Crippen LogP) is 3.90. The Morgan fingerprint density at radius 2 is 2.00 bits per heavy atom. The molecule has 0 spiro atoms. The average Bonchev–Trinajstić information content (AvgIpc) is 2.61. The number of ether oxygens (including phenoxy) is 1. The maximum Gasteiger partial charge on any atom is 0.410 e. The van der Waals surface area contributed by atoms with E-state index in [2.05, 4.69) is 30.9 Å². The van der Waals surface area contributed by atoms with Crippen molar-refractivity contribution in [3.8, 4) is 0 Å². The molecule has 23 heavy (non-hydrogen) atoms. The lowest BCUT2D eigenvalue weighted by molar-refractivity contribution is 0.0241. The number of likely N-dealkylation sites (tertiary alicyclic amines) is 1. The molecule has 2 fully saturated rings. The third-order valence-electron chi connectivity index (χ3n) is 4.41. The van der Waals surface area contributed by atoms with Crippen LogP contribution in [0.2, 0.25) is 0 Å². The van der Waals surface area contributed by atoms with Crippen LogP contribution in [-0.4, -0.2) is 53.3 Å². The van der Waals surface area contributed by atoms with Crippen molar-refractivity contribution < 1.29 is 9.53 Å². The van der Waals surface area contributed by atoms with Crippen molar-refractivity contribution >= 4 is 17.9 Å². The van der Waals surface area contributed by atoms with Gasteiger partial charge in [0.15, 0.2) is 0 Å². The number of thioether (sulfide) groups is 1. The second-order valence-corrected chi connectivity index (χ2v) is 9.90. The van der Waals surface area contributed by atoms with Gasteiger partial charge in [-0.1, -0.05) is 20.3 Å². The Hall–Kier alpha value is -0.420. The van der Waals surface area contributed by atoms with Crippen molar-refractivity contribution in [3.05, 3.63) is 0 Å². The maximum absolute atomic E-state index is 12.4. The Morgan fingerprint density at radius 3 is 2.65 bits per heavy atom.